The second-order valence-electron chi connectivity index (χ2n) is 6.83. The molecule has 1 heterocycles. The molecule has 7 heteroatoms. The van der Waals surface area contributed by atoms with E-state index in [0.29, 0.717) is 30.0 Å². The normalized spacial score (nSPS) is 19.0. The molecule has 1 aliphatic rings. The Bertz CT molecular complexity index is 917. The number of amides is 2. The van der Waals surface area contributed by atoms with Crippen LogP contribution in [0.15, 0.2) is 36.4 Å². The molecule has 28 heavy (non-hydrogen) atoms. The molecule has 2 amide bonds. The average molecular weight is 388 g/mol. The molecule has 2 aromatic rings. The molecule has 0 bridgehead atoms. The highest BCUT2D eigenvalue weighted by Crippen LogP contribution is 2.36. The number of halogens is 2. The molecule has 0 aromatic heterocycles. The van der Waals surface area contributed by atoms with Gasteiger partial charge in [-0.2, -0.15) is 0 Å². The summed E-state index contributed by atoms with van der Waals surface area (Å²) >= 11 is 0. The molecule has 3 rings (SSSR count). The molecule has 0 radical (unpaired) electrons. The molecule has 2 atom stereocenters. The van der Waals surface area contributed by atoms with E-state index in [2.05, 4.69) is 5.32 Å². The zero-order chi connectivity index (χ0) is 20.4. The van der Waals surface area contributed by atoms with Crippen LogP contribution in [0.3, 0.4) is 0 Å². The lowest BCUT2D eigenvalue weighted by Gasteiger charge is -2.18. The maximum absolute atomic E-state index is 13.9. The lowest BCUT2D eigenvalue weighted by molar-refractivity contribution is -0.135. The van der Waals surface area contributed by atoms with Crippen molar-refractivity contribution in [2.24, 2.45) is 5.92 Å². The van der Waals surface area contributed by atoms with Crippen LogP contribution in [0.4, 0.5) is 14.5 Å². The third-order valence-corrected chi connectivity index (χ3v) is 5.01. The van der Waals surface area contributed by atoms with E-state index in [1.807, 2.05) is 0 Å². The highest BCUT2D eigenvalue weighted by atomic mass is 19.1. The van der Waals surface area contributed by atoms with Crippen molar-refractivity contribution in [2.75, 3.05) is 25.5 Å². The van der Waals surface area contributed by atoms with Gasteiger partial charge in [0.1, 0.15) is 11.7 Å². The topological polar surface area (TPSA) is 58.6 Å². The molecule has 1 saturated heterocycles. The Morgan fingerprint density at radius 2 is 2.00 bits per heavy atom. The van der Waals surface area contributed by atoms with Crippen LogP contribution in [0, 0.1) is 24.5 Å². The lowest BCUT2D eigenvalue weighted by Crippen LogP contribution is -2.33. The summed E-state index contributed by atoms with van der Waals surface area (Å²) in [6.45, 7) is 3.92. The summed E-state index contributed by atoms with van der Waals surface area (Å²) in [6, 6.07) is 8.74. The molecule has 1 aliphatic heterocycles. The molecule has 1 N–H and O–H groups in total. The first-order valence-corrected chi connectivity index (χ1v) is 9.06. The highest BCUT2D eigenvalue weighted by molar-refractivity contribution is 6.08. The third-order valence-electron chi connectivity index (χ3n) is 5.01. The maximum Gasteiger partial charge on any atom is 0.237 e. The van der Waals surface area contributed by atoms with Gasteiger partial charge in [-0.25, -0.2) is 8.78 Å². The molecule has 148 valence electrons. The minimum Gasteiger partial charge on any atom is -0.491 e. The molecular weight excluding hydrogens is 366 g/mol. The first-order chi connectivity index (χ1) is 13.3. The SMILES string of the molecule is CCOc1cc([C@@H]2CN(C)C(=O)[C@H]2C(=O)Nc2cccc(F)c2C)ccc1F. The predicted molar refractivity (Wildman–Crippen MR) is 101 cm³/mol. The minimum atomic E-state index is -0.993. The van der Waals surface area contributed by atoms with Crippen molar-refractivity contribution in [2.45, 2.75) is 19.8 Å². The van der Waals surface area contributed by atoms with E-state index in [1.165, 1.54) is 29.2 Å². The maximum atomic E-state index is 13.9. The Morgan fingerprint density at radius 1 is 1.25 bits per heavy atom. The Kier molecular flexibility index (Phi) is 5.63. The lowest BCUT2D eigenvalue weighted by atomic mass is 9.87. The van der Waals surface area contributed by atoms with E-state index in [9.17, 15) is 18.4 Å². The van der Waals surface area contributed by atoms with E-state index < -0.39 is 29.4 Å². The van der Waals surface area contributed by atoms with Gasteiger partial charge in [0.15, 0.2) is 11.6 Å². The summed E-state index contributed by atoms with van der Waals surface area (Å²) in [4.78, 5) is 27.0. The summed E-state index contributed by atoms with van der Waals surface area (Å²) in [6.07, 6.45) is 0. The van der Waals surface area contributed by atoms with E-state index in [1.54, 1.807) is 33.0 Å². The molecule has 0 aliphatic carbocycles. The number of benzene rings is 2. The number of hydrogen-bond donors (Lipinski definition) is 1. The number of nitrogens with zero attached hydrogens (tertiary/aromatic N) is 1. The molecule has 5 nitrogen and oxygen atoms in total. The second-order valence-corrected chi connectivity index (χ2v) is 6.83. The monoisotopic (exact) mass is 388 g/mol. The Balaban J connectivity index is 1.91. The number of carbonyl (C=O) groups excluding carboxylic acids is 2. The van der Waals surface area contributed by atoms with Gasteiger partial charge < -0.3 is 15.0 Å². The van der Waals surface area contributed by atoms with Gasteiger partial charge in [0.2, 0.25) is 11.8 Å². The number of nitrogens with one attached hydrogen (secondary N) is 1. The van der Waals surface area contributed by atoms with Crippen LogP contribution >= 0.6 is 0 Å². The first-order valence-electron chi connectivity index (χ1n) is 9.06. The zero-order valence-electron chi connectivity index (χ0n) is 16.0. The number of rotatable bonds is 5. The minimum absolute atomic E-state index is 0.0853. The van der Waals surface area contributed by atoms with Crippen molar-refractivity contribution in [1.82, 2.24) is 4.90 Å². The van der Waals surface area contributed by atoms with Gasteiger partial charge in [0.05, 0.1) is 6.61 Å². The molecule has 2 aromatic carbocycles. The fourth-order valence-corrected chi connectivity index (χ4v) is 3.46. The largest absolute Gasteiger partial charge is 0.491 e. The quantitative estimate of drug-likeness (QED) is 0.798. The van der Waals surface area contributed by atoms with E-state index in [4.69, 9.17) is 4.74 Å². The second kappa shape index (κ2) is 7.96. The molecule has 1 fully saturated rings. The van der Waals surface area contributed by atoms with Crippen LogP contribution in [0.5, 0.6) is 5.75 Å². The van der Waals surface area contributed by atoms with Crippen LogP contribution in [0.1, 0.15) is 24.0 Å². The van der Waals surface area contributed by atoms with Crippen LogP contribution in [0.25, 0.3) is 0 Å². The average Bonchev–Trinajstić information content (AvgIpc) is 2.96. The van der Waals surface area contributed by atoms with Gasteiger partial charge in [0, 0.05) is 30.8 Å². The van der Waals surface area contributed by atoms with Crippen molar-refractivity contribution >= 4 is 17.5 Å². The van der Waals surface area contributed by atoms with Crippen molar-refractivity contribution in [1.29, 1.82) is 0 Å². The molecule has 0 saturated carbocycles. The van der Waals surface area contributed by atoms with E-state index in [-0.39, 0.29) is 11.7 Å². The summed E-state index contributed by atoms with van der Waals surface area (Å²) < 4.78 is 33.0. The smallest absolute Gasteiger partial charge is 0.237 e. The zero-order valence-corrected chi connectivity index (χ0v) is 16.0. The van der Waals surface area contributed by atoms with Gasteiger partial charge in [-0.15, -0.1) is 0 Å². The van der Waals surface area contributed by atoms with E-state index in [0.717, 1.165) is 0 Å². The summed E-state index contributed by atoms with van der Waals surface area (Å²) in [5, 5.41) is 2.66. The molecule has 0 spiro atoms. The number of anilines is 1. The Labute approximate surface area is 162 Å². The number of likely N-dealkylation sites (tertiary alicyclic amines) is 1. The predicted octanol–water partition coefficient (Wildman–Crippen LogP) is 3.48. The summed E-state index contributed by atoms with van der Waals surface area (Å²) in [5.41, 5.74) is 1.26. The number of ether oxygens (including phenoxy) is 1. The van der Waals surface area contributed by atoms with Gasteiger partial charge in [-0.05, 0) is 43.7 Å². The number of carbonyl (C=O) groups is 2. The number of hydrogen-bond acceptors (Lipinski definition) is 3. The highest BCUT2D eigenvalue weighted by Gasteiger charge is 2.44. The fraction of sp³-hybridized carbons (Fsp3) is 0.333. The molecular formula is C21H22F2N2O3. The van der Waals surface area contributed by atoms with Crippen molar-refractivity contribution in [3.63, 3.8) is 0 Å². The van der Waals surface area contributed by atoms with Crippen LogP contribution in [-0.2, 0) is 9.59 Å². The first kappa shape index (κ1) is 19.8. The van der Waals surface area contributed by atoms with Gasteiger partial charge in [-0.3, -0.25) is 9.59 Å². The Hall–Kier alpha value is -2.96. The van der Waals surface area contributed by atoms with Crippen LogP contribution in [-0.4, -0.2) is 36.9 Å². The van der Waals surface area contributed by atoms with Crippen LogP contribution in [0.2, 0.25) is 0 Å². The standard InChI is InChI=1S/C21H22F2N2O3/c1-4-28-18-10-13(8-9-16(18)23)14-11-25(3)21(27)19(14)20(26)24-17-7-5-6-15(22)12(17)2/h5-10,14,19H,4,11H2,1-3H3,(H,24,26)/t14-,19+/m0/s1. The van der Waals surface area contributed by atoms with Gasteiger partial charge in [-0.1, -0.05) is 12.1 Å². The van der Waals surface area contributed by atoms with Crippen molar-refractivity contribution in [3.05, 3.63) is 59.2 Å². The third kappa shape index (κ3) is 3.69. The fourth-order valence-electron chi connectivity index (χ4n) is 3.46. The summed E-state index contributed by atoms with van der Waals surface area (Å²) in [5.74, 6) is -3.17. The van der Waals surface area contributed by atoms with Crippen molar-refractivity contribution < 1.29 is 23.1 Å². The molecule has 0 unspecified atom stereocenters. The van der Waals surface area contributed by atoms with Gasteiger partial charge in [0.25, 0.3) is 0 Å². The van der Waals surface area contributed by atoms with Gasteiger partial charge >= 0.3 is 0 Å². The van der Waals surface area contributed by atoms with Crippen molar-refractivity contribution in [3.8, 4) is 5.75 Å². The summed E-state index contributed by atoms with van der Waals surface area (Å²) in [7, 11) is 1.61. The van der Waals surface area contributed by atoms with E-state index >= 15 is 0 Å². The number of likely N-dealkylation sites (N-methyl/N-ethyl adjacent to an activating group) is 1. The Morgan fingerprint density at radius 3 is 2.71 bits per heavy atom. The van der Waals surface area contributed by atoms with Crippen LogP contribution < -0.4 is 10.1 Å².